The number of nitrogens with one attached hydrogen (secondary N) is 2. The Morgan fingerprint density at radius 3 is 2.29 bits per heavy atom. The van der Waals surface area contributed by atoms with E-state index in [1.165, 1.54) is 23.5 Å². The van der Waals surface area contributed by atoms with E-state index in [4.69, 9.17) is 4.74 Å². The molecule has 0 saturated carbocycles. The molecular weight excluding hydrogens is 642 g/mol. The summed E-state index contributed by atoms with van der Waals surface area (Å²) in [5.41, 5.74) is 3.50. The largest absolute Gasteiger partial charge is 0.453 e. The van der Waals surface area contributed by atoms with Gasteiger partial charge in [0.15, 0.2) is 0 Å². The summed E-state index contributed by atoms with van der Waals surface area (Å²) >= 11 is 0. The van der Waals surface area contributed by atoms with Crippen molar-refractivity contribution in [1.82, 2.24) is 9.62 Å². The van der Waals surface area contributed by atoms with E-state index in [9.17, 15) is 28.2 Å². The van der Waals surface area contributed by atoms with E-state index in [1.54, 1.807) is 30.3 Å². The molecule has 1 unspecified atom stereocenters. The van der Waals surface area contributed by atoms with Crippen molar-refractivity contribution in [3.63, 3.8) is 0 Å². The van der Waals surface area contributed by atoms with Crippen molar-refractivity contribution in [3.8, 4) is 0 Å². The molecule has 0 heterocycles. The van der Waals surface area contributed by atoms with Gasteiger partial charge in [-0.25, -0.2) is 13.2 Å². The fraction of sp³-hybridized carbons (Fsp3) is 0.368. The molecule has 10 nitrogen and oxygen atoms in total. The monoisotopic (exact) mass is 689 g/mol. The van der Waals surface area contributed by atoms with E-state index in [2.05, 4.69) is 16.7 Å². The molecule has 3 atom stereocenters. The second-order valence-corrected chi connectivity index (χ2v) is 14.4. The number of aliphatic hydroxyl groups is 2. The molecule has 0 aromatic heterocycles. The zero-order valence-corrected chi connectivity index (χ0v) is 29.1. The van der Waals surface area contributed by atoms with E-state index in [0.29, 0.717) is 23.2 Å². The van der Waals surface area contributed by atoms with Crippen LogP contribution in [0.15, 0.2) is 108 Å². The van der Waals surface area contributed by atoms with Crippen LogP contribution >= 0.6 is 0 Å². The molecule has 0 aliphatic heterocycles. The molecule has 0 bridgehead atoms. The van der Waals surface area contributed by atoms with Crippen LogP contribution in [0.25, 0.3) is 0 Å². The van der Waals surface area contributed by atoms with Gasteiger partial charge in [-0.15, -0.1) is 0 Å². The summed E-state index contributed by atoms with van der Waals surface area (Å²) in [7, 11) is -2.75. The van der Waals surface area contributed by atoms with Gasteiger partial charge in [0.05, 0.1) is 31.3 Å². The second-order valence-electron chi connectivity index (χ2n) is 12.5. The maximum Gasteiger partial charge on any atom is 0.407 e. The van der Waals surface area contributed by atoms with Crippen molar-refractivity contribution in [3.05, 3.63) is 119 Å². The standard InChI is InChI=1S/C38H47N3O7S/c1-27(2)21-22-41(49(46,47)34-19-17-28(25-42)18-20-34)33(26-43)24-29-11-10-16-32(23-29)39-37(44)36(40-38(45)48-3)35(30-12-6-4-7-13-30)31-14-8-5-9-15-31/h4,6-8,10-20,23,27,33,35-36,42-43H,5,9,21-22,24-26H2,1-3H3,(H,39,44)(H,40,45)/t33-,35?,36-/m0/s1. The van der Waals surface area contributed by atoms with Crippen LogP contribution in [0.3, 0.4) is 0 Å². The molecule has 11 heteroatoms. The lowest BCUT2D eigenvalue weighted by Gasteiger charge is -2.31. The van der Waals surface area contributed by atoms with Crippen molar-refractivity contribution in [2.75, 3.05) is 25.6 Å². The van der Waals surface area contributed by atoms with E-state index < -0.39 is 46.6 Å². The molecule has 4 N–H and O–H groups in total. The first-order valence-electron chi connectivity index (χ1n) is 16.6. The Balaban J connectivity index is 1.62. The van der Waals surface area contributed by atoms with Gasteiger partial charge >= 0.3 is 6.09 Å². The number of amides is 2. The minimum Gasteiger partial charge on any atom is -0.453 e. The average molecular weight is 690 g/mol. The number of allylic oxidation sites excluding steroid dienone is 3. The van der Waals surface area contributed by atoms with Crippen molar-refractivity contribution in [2.24, 2.45) is 5.92 Å². The Hall–Kier alpha value is -4.29. The average Bonchev–Trinajstić information content (AvgIpc) is 3.11. The molecule has 4 rings (SSSR count). The van der Waals surface area contributed by atoms with E-state index in [0.717, 1.165) is 24.0 Å². The Labute approximate surface area is 289 Å². The Morgan fingerprint density at radius 1 is 0.939 bits per heavy atom. The molecule has 3 aromatic carbocycles. The Morgan fingerprint density at radius 2 is 1.67 bits per heavy atom. The minimum absolute atomic E-state index is 0.0768. The SMILES string of the molecule is COC(=O)N[C@H](C(=O)Nc1cccc(C[C@@H](CO)N(CCC(C)C)S(=O)(=O)c2ccc(CO)cc2)c1)C(C1=CCCC=C1)c1ccccc1. The lowest BCUT2D eigenvalue weighted by Crippen LogP contribution is -2.48. The number of carbonyl (C=O) groups is 2. The van der Waals surface area contributed by atoms with Gasteiger partial charge in [0.1, 0.15) is 6.04 Å². The molecule has 49 heavy (non-hydrogen) atoms. The highest BCUT2D eigenvalue weighted by molar-refractivity contribution is 7.89. The number of carbonyl (C=O) groups excluding carboxylic acids is 2. The quantitative estimate of drug-likeness (QED) is 0.155. The lowest BCUT2D eigenvalue weighted by atomic mass is 9.82. The first kappa shape index (κ1) is 37.5. The van der Waals surface area contributed by atoms with Gasteiger partial charge in [0.2, 0.25) is 15.9 Å². The van der Waals surface area contributed by atoms with Gasteiger partial charge in [-0.1, -0.05) is 86.7 Å². The zero-order valence-electron chi connectivity index (χ0n) is 28.3. The smallest absolute Gasteiger partial charge is 0.407 e. The van der Waals surface area contributed by atoms with Crippen LogP contribution in [0.5, 0.6) is 0 Å². The van der Waals surface area contributed by atoms with Crippen molar-refractivity contribution < 1.29 is 33.0 Å². The molecule has 1 aliphatic carbocycles. The van der Waals surface area contributed by atoms with Crippen LogP contribution in [0, 0.1) is 5.92 Å². The summed E-state index contributed by atoms with van der Waals surface area (Å²) < 4.78 is 34.0. The number of ether oxygens (including phenoxy) is 1. The number of anilines is 1. The van der Waals surface area contributed by atoms with Crippen molar-refractivity contribution in [1.29, 1.82) is 0 Å². The number of alkyl carbamates (subject to hydrolysis) is 1. The van der Waals surface area contributed by atoms with Crippen LogP contribution in [0.1, 0.15) is 55.7 Å². The van der Waals surface area contributed by atoms with Crippen LogP contribution in [0.4, 0.5) is 10.5 Å². The summed E-state index contributed by atoms with van der Waals surface area (Å²) in [5, 5.41) is 25.7. The fourth-order valence-electron chi connectivity index (χ4n) is 5.90. The minimum atomic E-state index is -4.00. The highest BCUT2D eigenvalue weighted by atomic mass is 32.2. The van der Waals surface area contributed by atoms with Gasteiger partial charge < -0.3 is 25.6 Å². The number of hydrogen-bond acceptors (Lipinski definition) is 7. The number of benzene rings is 3. The Bertz CT molecular complexity index is 1710. The van der Waals surface area contributed by atoms with Gasteiger partial charge in [-0.05, 0) is 78.1 Å². The summed E-state index contributed by atoms with van der Waals surface area (Å²) in [6, 6.07) is 20.8. The van der Waals surface area contributed by atoms with Crippen LogP contribution in [0.2, 0.25) is 0 Å². The molecule has 0 fully saturated rings. The van der Waals surface area contributed by atoms with Crippen molar-refractivity contribution >= 4 is 27.7 Å². The predicted molar refractivity (Wildman–Crippen MR) is 190 cm³/mol. The first-order chi connectivity index (χ1) is 23.6. The third-order valence-electron chi connectivity index (χ3n) is 8.54. The molecule has 0 saturated heterocycles. The number of rotatable bonds is 16. The van der Waals surface area contributed by atoms with E-state index in [-0.39, 0.29) is 30.4 Å². The third-order valence-corrected chi connectivity index (χ3v) is 10.5. The summed E-state index contributed by atoms with van der Waals surface area (Å²) in [6.45, 7) is 3.59. The molecular formula is C38H47N3O7S. The van der Waals surface area contributed by atoms with Gasteiger partial charge in [0, 0.05) is 18.2 Å². The van der Waals surface area contributed by atoms with Gasteiger partial charge in [0.25, 0.3) is 0 Å². The number of sulfonamides is 1. The highest BCUT2D eigenvalue weighted by Gasteiger charge is 2.34. The normalized spacial score (nSPS) is 15.0. The predicted octanol–water partition coefficient (Wildman–Crippen LogP) is 5.54. The highest BCUT2D eigenvalue weighted by Crippen LogP contribution is 2.32. The molecule has 2 amide bonds. The van der Waals surface area contributed by atoms with Crippen molar-refractivity contribution in [2.45, 2.75) is 69.0 Å². The van der Waals surface area contributed by atoms with Gasteiger partial charge in [-0.3, -0.25) is 4.79 Å². The fourth-order valence-corrected chi connectivity index (χ4v) is 7.53. The lowest BCUT2D eigenvalue weighted by molar-refractivity contribution is -0.118. The summed E-state index contributed by atoms with van der Waals surface area (Å²) in [6.07, 6.45) is 7.84. The number of hydrogen-bond donors (Lipinski definition) is 4. The summed E-state index contributed by atoms with van der Waals surface area (Å²) in [5.74, 6) is -0.731. The Kier molecular flexibility index (Phi) is 13.7. The first-order valence-corrected chi connectivity index (χ1v) is 18.0. The third kappa shape index (κ3) is 10.1. The second kappa shape index (κ2) is 17.9. The molecule has 3 aromatic rings. The van der Waals surface area contributed by atoms with E-state index in [1.807, 2.05) is 62.4 Å². The number of methoxy groups -OCH3 is 1. The molecule has 0 radical (unpaired) electrons. The maximum atomic E-state index is 14.0. The summed E-state index contributed by atoms with van der Waals surface area (Å²) in [4.78, 5) is 26.6. The maximum absolute atomic E-state index is 14.0. The topological polar surface area (TPSA) is 145 Å². The van der Waals surface area contributed by atoms with Crippen LogP contribution in [-0.4, -0.2) is 67.3 Å². The van der Waals surface area contributed by atoms with Gasteiger partial charge in [-0.2, -0.15) is 4.31 Å². The number of nitrogens with zero attached hydrogens (tertiary/aromatic N) is 1. The molecule has 262 valence electrons. The number of aliphatic hydroxyl groups excluding tert-OH is 2. The molecule has 0 spiro atoms. The van der Waals surface area contributed by atoms with Crippen LogP contribution < -0.4 is 10.6 Å². The zero-order chi connectivity index (χ0) is 35.4. The molecule has 1 aliphatic rings. The van der Waals surface area contributed by atoms with Crippen LogP contribution in [-0.2, 0) is 32.6 Å². The van der Waals surface area contributed by atoms with E-state index >= 15 is 0 Å².